The lowest BCUT2D eigenvalue weighted by molar-refractivity contribution is -0.113. The average Bonchev–Trinajstić information content (AvgIpc) is 2.98. The zero-order valence-corrected chi connectivity index (χ0v) is 14.1. The molecule has 128 valence electrons. The van der Waals surface area contributed by atoms with Gasteiger partial charge >= 0.3 is 0 Å². The van der Waals surface area contributed by atoms with Gasteiger partial charge in [0.05, 0.1) is 11.4 Å². The van der Waals surface area contributed by atoms with Gasteiger partial charge in [0.1, 0.15) is 17.5 Å². The lowest BCUT2D eigenvalue weighted by Crippen LogP contribution is -2.15. The van der Waals surface area contributed by atoms with Gasteiger partial charge in [0.15, 0.2) is 5.16 Å². The van der Waals surface area contributed by atoms with Gasteiger partial charge in [0.2, 0.25) is 5.91 Å². The van der Waals surface area contributed by atoms with Gasteiger partial charge in [-0.1, -0.05) is 30.0 Å². The minimum Gasteiger partial charge on any atom is -0.323 e. The van der Waals surface area contributed by atoms with Crippen LogP contribution in [0.4, 0.5) is 14.5 Å². The van der Waals surface area contributed by atoms with Gasteiger partial charge < -0.3 is 5.32 Å². The molecule has 0 aliphatic rings. The summed E-state index contributed by atoms with van der Waals surface area (Å²) in [4.78, 5) is 12.0. The Balaban J connectivity index is 1.70. The number of nitrogens with zero attached hydrogens (tertiary/aromatic N) is 3. The first-order valence-electron chi connectivity index (χ1n) is 7.40. The second-order valence-electron chi connectivity index (χ2n) is 5.16. The number of anilines is 1. The Hall–Kier alpha value is -2.74. The molecule has 0 bridgehead atoms. The summed E-state index contributed by atoms with van der Waals surface area (Å²) in [5.74, 6) is -1.10. The second-order valence-corrected chi connectivity index (χ2v) is 6.10. The molecule has 0 unspecified atom stereocenters. The summed E-state index contributed by atoms with van der Waals surface area (Å²) < 4.78 is 28.5. The lowest BCUT2D eigenvalue weighted by Gasteiger charge is -2.09. The van der Waals surface area contributed by atoms with Gasteiger partial charge in [-0.3, -0.25) is 9.36 Å². The monoisotopic (exact) mass is 360 g/mol. The highest BCUT2D eigenvalue weighted by atomic mass is 32.2. The van der Waals surface area contributed by atoms with E-state index in [0.29, 0.717) is 11.0 Å². The van der Waals surface area contributed by atoms with Crippen LogP contribution >= 0.6 is 11.8 Å². The van der Waals surface area contributed by atoms with Crippen LogP contribution in [0.2, 0.25) is 0 Å². The highest BCUT2D eigenvalue weighted by Gasteiger charge is 2.14. The Labute approximate surface area is 147 Å². The Bertz CT molecular complexity index is 899. The zero-order chi connectivity index (χ0) is 17.8. The molecule has 3 rings (SSSR count). The number of aryl methyl sites for hydroxylation is 1. The SMILES string of the molecule is Cc1nnc(SCC(=O)Nc2cc(F)ccc2F)n1-c1ccccc1. The summed E-state index contributed by atoms with van der Waals surface area (Å²) in [7, 11) is 0. The smallest absolute Gasteiger partial charge is 0.234 e. The molecule has 8 heteroatoms. The van der Waals surface area contributed by atoms with Crippen LogP contribution in [0.5, 0.6) is 0 Å². The maximum absolute atomic E-state index is 13.6. The number of para-hydroxylation sites is 1. The van der Waals surface area contributed by atoms with Crippen LogP contribution in [0.15, 0.2) is 53.7 Å². The van der Waals surface area contributed by atoms with E-state index in [0.717, 1.165) is 35.6 Å². The van der Waals surface area contributed by atoms with E-state index < -0.39 is 17.5 Å². The molecule has 0 aliphatic heterocycles. The predicted molar refractivity (Wildman–Crippen MR) is 91.8 cm³/mol. The van der Waals surface area contributed by atoms with Crippen LogP contribution in [0, 0.1) is 18.6 Å². The summed E-state index contributed by atoms with van der Waals surface area (Å²) >= 11 is 1.16. The summed E-state index contributed by atoms with van der Waals surface area (Å²) in [6.45, 7) is 1.81. The van der Waals surface area contributed by atoms with Crippen molar-refractivity contribution in [2.75, 3.05) is 11.1 Å². The van der Waals surface area contributed by atoms with Crippen LogP contribution in [-0.4, -0.2) is 26.4 Å². The highest BCUT2D eigenvalue weighted by molar-refractivity contribution is 7.99. The molecule has 0 fully saturated rings. The number of halogens is 2. The minimum atomic E-state index is -0.692. The number of thioether (sulfide) groups is 1. The third-order valence-corrected chi connectivity index (χ3v) is 4.27. The van der Waals surface area contributed by atoms with E-state index >= 15 is 0 Å². The summed E-state index contributed by atoms with van der Waals surface area (Å²) in [5, 5.41) is 11.0. The van der Waals surface area contributed by atoms with E-state index in [1.165, 1.54) is 0 Å². The maximum Gasteiger partial charge on any atom is 0.234 e. The molecule has 0 spiro atoms. The Morgan fingerprint density at radius 2 is 1.92 bits per heavy atom. The molecule has 5 nitrogen and oxygen atoms in total. The topological polar surface area (TPSA) is 59.8 Å². The summed E-state index contributed by atoms with van der Waals surface area (Å²) in [6.07, 6.45) is 0. The normalized spacial score (nSPS) is 10.7. The average molecular weight is 360 g/mol. The molecule has 1 heterocycles. The first-order chi connectivity index (χ1) is 12.0. The molecule has 0 saturated carbocycles. The molecule has 1 N–H and O–H groups in total. The van der Waals surface area contributed by atoms with Crippen LogP contribution in [-0.2, 0) is 4.79 Å². The number of amides is 1. The highest BCUT2D eigenvalue weighted by Crippen LogP contribution is 2.22. The molecule has 1 aromatic heterocycles. The van der Waals surface area contributed by atoms with Crippen LogP contribution in [0.1, 0.15) is 5.82 Å². The van der Waals surface area contributed by atoms with Crippen molar-refractivity contribution < 1.29 is 13.6 Å². The van der Waals surface area contributed by atoms with Crippen molar-refractivity contribution in [2.24, 2.45) is 0 Å². The third-order valence-electron chi connectivity index (χ3n) is 3.34. The number of carbonyl (C=O) groups is 1. The number of aromatic nitrogens is 3. The van der Waals surface area contributed by atoms with Crippen molar-refractivity contribution in [3.63, 3.8) is 0 Å². The van der Waals surface area contributed by atoms with Crippen molar-refractivity contribution in [3.8, 4) is 5.69 Å². The van der Waals surface area contributed by atoms with Gasteiger partial charge in [-0.2, -0.15) is 0 Å². The van der Waals surface area contributed by atoms with Gasteiger partial charge in [0.25, 0.3) is 0 Å². The predicted octanol–water partition coefficient (Wildman–Crippen LogP) is 3.58. The quantitative estimate of drug-likeness (QED) is 0.707. The molecular weight excluding hydrogens is 346 g/mol. The number of carbonyl (C=O) groups excluding carboxylic acids is 1. The van der Waals surface area contributed by atoms with Crippen molar-refractivity contribution >= 4 is 23.4 Å². The molecule has 0 aliphatic carbocycles. The third kappa shape index (κ3) is 4.03. The van der Waals surface area contributed by atoms with Crippen molar-refractivity contribution in [1.29, 1.82) is 0 Å². The lowest BCUT2D eigenvalue weighted by atomic mass is 10.3. The Kier molecular flexibility index (Phi) is 5.08. The summed E-state index contributed by atoms with van der Waals surface area (Å²) in [5.41, 5.74) is 0.690. The Morgan fingerprint density at radius 1 is 1.16 bits per heavy atom. The standard InChI is InChI=1S/C17H14F2N4OS/c1-11-21-22-17(23(11)13-5-3-2-4-6-13)25-10-16(24)20-15-9-12(18)7-8-14(15)19/h2-9H,10H2,1H3,(H,20,24). The van der Waals surface area contributed by atoms with Crippen LogP contribution < -0.4 is 5.32 Å². The molecule has 0 radical (unpaired) electrons. The van der Waals surface area contributed by atoms with E-state index in [2.05, 4.69) is 15.5 Å². The first-order valence-corrected chi connectivity index (χ1v) is 8.38. The molecular formula is C17H14F2N4OS. The largest absolute Gasteiger partial charge is 0.323 e. The Morgan fingerprint density at radius 3 is 2.68 bits per heavy atom. The maximum atomic E-state index is 13.6. The van der Waals surface area contributed by atoms with Crippen molar-refractivity contribution in [1.82, 2.24) is 14.8 Å². The number of rotatable bonds is 5. The number of benzene rings is 2. The van der Waals surface area contributed by atoms with E-state index in [1.54, 1.807) is 0 Å². The van der Waals surface area contributed by atoms with E-state index in [4.69, 9.17) is 0 Å². The zero-order valence-electron chi connectivity index (χ0n) is 13.2. The minimum absolute atomic E-state index is 0.0130. The fourth-order valence-electron chi connectivity index (χ4n) is 2.22. The molecule has 3 aromatic rings. The van der Waals surface area contributed by atoms with Crippen molar-refractivity contribution in [3.05, 3.63) is 66.0 Å². The van der Waals surface area contributed by atoms with Gasteiger partial charge in [-0.15, -0.1) is 10.2 Å². The summed E-state index contributed by atoms with van der Waals surface area (Å²) in [6, 6.07) is 12.4. The van der Waals surface area contributed by atoms with Crippen molar-refractivity contribution in [2.45, 2.75) is 12.1 Å². The molecule has 25 heavy (non-hydrogen) atoms. The fraction of sp³-hybridized carbons (Fsp3) is 0.118. The molecule has 0 atom stereocenters. The van der Waals surface area contributed by atoms with E-state index in [-0.39, 0.29) is 11.4 Å². The molecule has 1 amide bonds. The second kappa shape index (κ2) is 7.43. The number of hydrogen-bond acceptors (Lipinski definition) is 4. The van der Waals surface area contributed by atoms with Gasteiger partial charge in [-0.05, 0) is 31.2 Å². The first kappa shape index (κ1) is 17.1. The molecule has 0 saturated heterocycles. The number of nitrogens with one attached hydrogen (secondary N) is 1. The van der Waals surface area contributed by atoms with E-state index in [1.807, 2.05) is 41.8 Å². The molecule has 2 aromatic carbocycles. The van der Waals surface area contributed by atoms with Gasteiger partial charge in [0, 0.05) is 11.8 Å². The van der Waals surface area contributed by atoms with Gasteiger partial charge in [-0.25, -0.2) is 8.78 Å². The van der Waals surface area contributed by atoms with Crippen LogP contribution in [0.3, 0.4) is 0 Å². The fourth-order valence-corrected chi connectivity index (χ4v) is 3.02. The van der Waals surface area contributed by atoms with E-state index in [9.17, 15) is 13.6 Å². The number of hydrogen-bond donors (Lipinski definition) is 1. The van der Waals surface area contributed by atoms with Crippen LogP contribution in [0.25, 0.3) is 5.69 Å².